The van der Waals surface area contributed by atoms with E-state index < -0.39 is 0 Å². The predicted molar refractivity (Wildman–Crippen MR) is 77.8 cm³/mol. The van der Waals surface area contributed by atoms with Crippen LogP contribution in [0.15, 0.2) is 48.5 Å². The molecule has 0 aliphatic rings. The molecule has 0 bridgehead atoms. The van der Waals surface area contributed by atoms with Crippen molar-refractivity contribution in [3.63, 3.8) is 0 Å². The van der Waals surface area contributed by atoms with Crippen LogP contribution in [0, 0.1) is 12.3 Å². The molecule has 0 unspecified atom stereocenters. The maximum atomic E-state index is 7.44. The van der Waals surface area contributed by atoms with Gasteiger partial charge in [0.15, 0.2) is 0 Å². The topological polar surface area (TPSA) is 59.1 Å². The number of amidine groups is 1. The molecule has 3 nitrogen and oxygen atoms in total. The van der Waals surface area contributed by atoms with Crippen molar-refractivity contribution in [2.24, 2.45) is 5.73 Å². The molecule has 2 aromatic rings. The van der Waals surface area contributed by atoms with Crippen LogP contribution in [0.2, 0.25) is 0 Å². The van der Waals surface area contributed by atoms with E-state index in [4.69, 9.17) is 15.9 Å². The van der Waals surface area contributed by atoms with Gasteiger partial charge in [-0.25, -0.2) is 0 Å². The largest absolute Gasteiger partial charge is 0.493 e. The van der Waals surface area contributed by atoms with E-state index in [1.165, 1.54) is 5.56 Å². The van der Waals surface area contributed by atoms with Gasteiger partial charge in [-0.1, -0.05) is 42.5 Å². The lowest BCUT2D eigenvalue weighted by atomic mass is 10.1. The van der Waals surface area contributed by atoms with Gasteiger partial charge < -0.3 is 10.5 Å². The highest BCUT2D eigenvalue weighted by Crippen LogP contribution is 2.19. The Balaban J connectivity index is 1.99. The van der Waals surface area contributed by atoms with Crippen LogP contribution >= 0.6 is 0 Å². The third-order valence-corrected chi connectivity index (χ3v) is 2.99. The molecule has 0 radical (unpaired) electrons. The third-order valence-electron chi connectivity index (χ3n) is 2.99. The minimum Gasteiger partial charge on any atom is -0.493 e. The Labute approximate surface area is 113 Å². The summed E-state index contributed by atoms with van der Waals surface area (Å²) in [5.74, 6) is 0.858. The maximum absolute atomic E-state index is 7.44. The Kier molecular flexibility index (Phi) is 4.18. The van der Waals surface area contributed by atoms with Crippen LogP contribution in [0.3, 0.4) is 0 Å². The second-order valence-electron chi connectivity index (χ2n) is 4.48. The van der Waals surface area contributed by atoms with Gasteiger partial charge >= 0.3 is 0 Å². The summed E-state index contributed by atoms with van der Waals surface area (Å²) in [4.78, 5) is 0. The van der Waals surface area contributed by atoms with E-state index in [-0.39, 0.29) is 5.84 Å². The molecular formula is C16H18N2O. The molecular weight excluding hydrogens is 236 g/mol. The minimum absolute atomic E-state index is 0.0629. The van der Waals surface area contributed by atoms with Crippen LogP contribution in [-0.4, -0.2) is 12.4 Å². The van der Waals surface area contributed by atoms with Crippen LogP contribution in [0.25, 0.3) is 0 Å². The molecule has 0 aliphatic carbocycles. The standard InChI is InChI=1S/C16H18N2O/c1-12-7-8-14(16(17)18)11-15(12)19-10-9-13-5-3-2-4-6-13/h2-8,11H,9-10H2,1H3,(H3,17,18). The molecule has 0 saturated heterocycles. The minimum atomic E-state index is 0.0629. The van der Waals surface area contributed by atoms with E-state index in [0.29, 0.717) is 12.2 Å². The first-order chi connectivity index (χ1) is 9.16. The Morgan fingerprint density at radius 1 is 1.16 bits per heavy atom. The smallest absolute Gasteiger partial charge is 0.122 e. The summed E-state index contributed by atoms with van der Waals surface area (Å²) in [5, 5.41) is 7.44. The molecule has 0 atom stereocenters. The van der Waals surface area contributed by atoms with Crippen molar-refractivity contribution in [2.75, 3.05) is 6.61 Å². The summed E-state index contributed by atoms with van der Waals surface area (Å²) in [6.45, 7) is 2.61. The summed E-state index contributed by atoms with van der Waals surface area (Å²) >= 11 is 0. The third kappa shape index (κ3) is 3.58. The zero-order valence-corrected chi connectivity index (χ0v) is 11.0. The predicted octanol–water partition coefficient (Wildman–Crippen LogP) is 2.90. The number of nitrogens with two attached hydrogens (primary N) is 1. The zero-order chi connectivity index (χ0) is 13.7. The van der Waals surface area contributed by atoms with Crippen LogP contribution in [0.5, 0.6) is 5.75 Å². The van der Waals surface area contributed by atoms with Crippen LogP contribution < -0.4 is 10.5 Å². The summed E-state index contributed by atoms with van der Waals surface area (Å²) < 4.78 is 5.78. The molecule has 0 saturated carbocycles. The average Bonchev–Trinajstić information content (AvgIpc) is 2.42. The lowest BCUT2D eigenvalue weighted by Gasteiger charge is -2.10. The molecule has 0 amide bonds. The van der Waals surface area contributed by atoms with Crippen LogP contribution in [-0.2, 0) is 6.42 Å². The quantitative estimate of drug-likeness (QED) is 0.636. The number of nitrogen functional groups attached to an aromatic ring is 1. The Morgan fingerprint density at radius 2 is 1.89 bits per heavy atom. The number of aryl methyl sites for hydroxylation is 1. The molecule has 0 spiro atoms. The second-order valence-corrected chi connectivity index (χ2v) is 4.48. The van der Waals surface area contributed by atoms with Crippen LogP contribution in [0.4, 0.5) is 0 Å². The number of rotatable bonds is 5. The fourth-order valence-corrected chi connectivity index (χ4v) is 1.85. The van der Waals surface area contributed by atoms with E-state index in [1.807, 2.05) is 43.3 Å². The highest BCUT2D eigenvalue weighted by atomic mass is 16.5. The molecule has 0 fully saturated rings. The lowest BCUT2D eigenvalue weighted by molar-refractivity contribution is 0.320. The van der Waals surface area contributed by atoms with E-state index in [2.05, 4.69) is 12.1 Å². The van der Waals surface area contributed by atoms with Gasteiger partial charge in [-0.3, -0.25) is 5.41 Å². The molecule has 0 aromatic heterocycles. The molecule has 0 aliphatic heterocycles. The summed E-state index contributed by atoms with van der Waals surface area (Å²) in [6, 6.07) is 15.8. The first-order valence-corrected chi connectivity index (χ1v) is 6.28. The molecule has 19 heavy (non-hydrogen) atoms. The first kappa shape index (κ1) is 13.1. The monoisotopic (exact) mass is 254 g/mol. The maximum Gasteiger partial charge on any atom is 0.122 e. The molecule has 2 aromatic carbocycles. The summed E-state index contributed by atoms with van der Waals surface area (Å²) in [6.07, 6.45) is 0.866. The van der Waals surface area contributed by atoms with Crippen molar-refractivity contribution in [3.05, 3.63) is 65.2 Å². The van der Waals surface area contributed by atoms with Crippen molar-refractivity contribution in [2.45, 2.75) is 13.3 Å². The van der Waals surface area contributed by atoms with E-state index in [0.717, 1.165) is 17.7 Å². The van der Waals surface area contributed by atoms with Crippen molar-refractivity contribution >= 4 is 5.84 Å². The van der Waals surface area contributed by atoms with Gasteiger partial charge in [-0.15, -0.1) is 0 Å². The normalized spacial score (nSPS) is 10.2. The van der Waals surface area contributed by atoms with Crippen molar-refractivity contribution in [1.29, 1.82) is 5.41 Å². The van der Waals surface area contributed by atoms with Crippen molar-refractivity contribution in [3.8, 4) is 5.75 Å². The Bertz CT molecular complexity index is 564. The molecule has 2 rings (SSSR count). The number of ether oxygens (including phenoxy) is 1. The highest BCUT2D eigenvalue weighted by Gasteiger charge is 2.03. The number of benzene rings is 2. The zero-order valence-electron chi connectivity index (χ0n) is 11.0. The van der Waals surface area contributed by atoms with E-state index >= 15 is 0 Å². The van der Waals surface area contributed by atoms with Gasteiger partial charge in [0, 0.05) is 12.0 Å². The van der Waals surface area contributed by atoms with Crippen molar-refractivity contribution in [1.82, 2.24) is 0 Å². The molecule has 3 N–H and O–H groups in total. The Morgan fingerprint density at radius 3 is 2.58 bits per heavy atom. The highest BCUT2D eigenvalue weighted by molar-refractivity contribution is 5.95. The van der Waals surface area contributed by atoms with Gasteiger partial charge in [0.05, 0.1) is 6.61 Å². The van der Waals surface area contributed by atoms with Gasteiger partial charge in [0.2, 0.25) is 0 Å². The van der Waals surface area contributed by atoms with E-state index in [9.17, 15) is 0 Å². The number of hydrogen-bond acceptors (Lipinski definition) is 2. The summed E-state index contributed by atoms with van der Waals surface area (Å²) in [5.41, 5.74) is 8.48. The molecule has 98 valence electrons. The van der Waals surface area contributed by atoms with Crippen molar-refractivity contribution < 1.29 is 4.74 Å². The first-order valence-electron chi connectivity index (χ1n) is 6.28. The summed E-state index contributed by atoms with van der Waals surface area (Å²) in [7, 11) is 0. The average molecular weight is 254 g/mol. The fourth-order valence-electron chi connectivity index (χ4n) is 1.85. The van der Waals surface area contributed by atoms with Gasteiger partial charge in [-0.2, -0.15) is 0 Å². The SMILES string of the molecule is Cc1ccc(C(=N)N)cc1OCCc1ccccc1. The molecule has 0 heterocycles. The van der Waals surface area contributed by atoms with Gasteiger partial charge in [0.1, 0.15) is 11.6 Å². The number of nitrogens with one attached hydrogen (secondary N) is 1. The van der Waals surface area contributed by atoms with E-state index in [1.54, 1.807) is 0 Å². The number of hydrogen-bond donors (Lipinski definition) is 2. The van der Waals surface area contributed by atoms with Gasteiger partial charge in [-0.05, 0) is 24.1 Å². The second kappa shape index (κ2) is 6.05. The fraction of sp³-hybridized carbons (Fsp3) is 0.188. The molecule has 3 heteroatoms. The van der Waals surface area contributed by atoms with Gasteiger partial charge in [0.25, 0.3) is 0 Å². The lowest BCUT2D eigenvalue weighted by Crippen LogP contribution is -2.11. The Hall–Kier alpha value is -2.29. The van der Waals surface area contributed by atoms with Crippen LogP contribution in [0.1, 0.15) is 16.7 Å².